The van der Waals surface area contributed by atoms with E-state index in [1.807, 2.05) is 37.3 Å². The lowest BCUT2D eigenvalue weighted by Crippen LogP contribution is -2.15. The lowest BCUT2D eigenvalue weighted by atomic mass is 9.86. The van der Waals surface area contributed by atoms with Gasteiger partial charge in [0.2, 0.25) is 0 Å². The average Bonchev–Trinajstić information content (AvgIpc) is 3.19. The number of benzene rings is 2. The standard InChI is InChI=1S/C26H28O8/c1-15(5-11-22(27)28)4-10-19-20(13-33-12-17-6-8-18(32-3)9-7-17)16(2)21-14-34-26(31)24(21)23(19)25(29)30/h4,6-9H,5,10-14H2,1-3H3,(H,27,28)(H,29,30). The van der Waals surface area contributed by atoms with E-state index in [0.29, 0.717) is 29.7 Å². The highest BCUT2D eigenvalue weighted by molar-refractivity contribution is 6.06. The van der Waals surface area contributed by atoms with Crippen LogP contribution in [0.25, 0.3) is 0 Å². The fraction of sp³-hybridized carbons (Fsp3) is 0.346. The summed E-state index contributed by atoms with van der Waals surface area (Å²) in [5.74, 6) is -2.02. The Morgan fingerprint density at radius 3 is 2.41 bits per heavy atom. The molecular weight excluding hydrogens is 440 g/mol. The van der Waals surface area contributed by atoms with Gasteiger partial charge >= 0.3 is 17.9 Å². The van der Waals surface area contributed by atoms with E-state index in [9.17, 15) is 19.5 Å². The first-order valence-corrected chi connectivity index (χ1v) is 10.9. The molecule has 1 heterocycles. The first-order valence-electron chi connectivity index (χ1n) is 10.9. The van der Waals surface area contributed by atoms with E-state index in [4.69, 9.17) is 19.3 Å². The van der Waals surface area contributed by atoms with Crippen molar-refractivity contribution in [1.82, 2.24) is 0 Å². The number of esters is 1. The van der Waals surface area contributed by atoms with Crippen LogP contribution in [0.5, 0.6) is 5.75 Å². The van der Waals surface area contributed by atoms with Crippen molar-refractivity contribution >= 4 is 17.9 Å². The Morgan fingerprint density at radius 1 is 1.09 bits per heavy atom. The van der Waals surface area contributed by atoms with Gasteiger partial charge in [-0.05, 0) is 61.1 Å². The van der Waals surface area contributed by atoms with Crippen LogP contribution in [0.3, 0.4) is 0 Å². The summed E-state index contributed by atoms with van der Waals surface area (Å²) < 4.78 is 16.3. The Kier molecular flexibility index (Phi) is 8.07. The average molecular weight is 469 g/mol. The van der Waals surface area contributed by atoms with E-state index >= 15 is 0 Å². The number of aromatic carboxylic acids is 1. The minimum absolute atomic E-state index is 0.0124. The number of ether oxygens (including phenoxy) is 3. The summed E-state index contributed by atoms with van der Waals surface area (Å²) in [7, 11) is 1.59. The summed E-state index contributed by atoms with van der Waals surface area (Å²) in [6.45, 7) is 4.13. The third-order valence-corrected chi connectivity index (χ3v) is 5.95. The molecule has 8 heteroatoms. The van der Waals surface area contributed by atoms with Crippen LogP contribution in [0, 0.1) is 6.92 Å². The molecule has 0 amide bonds. The maximum absolute atomic E-state index is 12.4. The van der Waals surface area contributed by atoms with Gasteiger partial charge in [0.1, 0.15) is 12.4 Å². The third-order valence-electron chi connectivity index (χ3n) is 5.95. The molecule has 0 bridgehead atoms. The summed E-state index contributed by atoms with van der Waals surface area (Å²) in [6.07, 6.45) is 2.38. The fourth-order valence-corrected chi connectivity index (χ4v) is 4.00. The summed E-state index contributed by atoms with van der Waals surface area (Å²) in [5, 5.41) is 18.9. The van der Waals surface area contributed by atoms with Crippen molar-refractivity contribution in [1.29, 1.82) is 0 Å². The highest BCUT2D eigenvalue weighted by Gasteiger charge is 2.34. The van der Waals surface area contributed by atoms with Crippen molar-refractivity contribution < 1.29 is 38.8 Å². The van der Waals surface area contributed by atoms with E-state index in [1.54, 1.807) is 14.0 Å². The highest BCUT2D eigenvalue weighted by atomic mass is 16.5. The summed E-state index contributed by atoms with van der Waals surface area (Å²) in [4.78, 5) is 35.5. The molecule has 2 aromatic carbocycles. The van der Waals surface area contributed by atoms with Gasteiger partial charge in [-0.1, -0.05) is 23.8 Å². The van der Waals surface area contributed by atoms with E-state index in [2.05, 4.69) is 0 Å². The maximum Gasteiger partial charge on any atom is 0.339 e. The number of allylic oxidation sites excluding steroid dienone is 2. The second-order valence-electron chi connectivity index (χ2n) is 8.18. The largest absolute Gasteiger partial charge is 0.497 e. The Hall–Kier alpha value is -3.65. The Morgan fingerprint density at radius 2 is 1.79 bits per heavy atom. The van der Waals surface area contributed by atoms with E-state index < -0.39 is 17.9 Å². The number of carboxylic acids is 2. The van der Waals surface area contributed by atoms with Gasteiger partial charge in [-0.2, -0.15) is 0 Å². The summed E-state index contributed by atoms with van der Waals surface area (Å²) in [6, 6.07) is 7.44. The molecule has 0 radical (unpaired) electrons. The zero-order valence-corrected chi connectivity index (χ0v) is 19.5. The second kappa shape index (κ2) is 11.0. The normalized spacial score (nSPS) is 12.9. The first kappa shape index (κ1) is 25.0. The van der Waals surface area contributed by atoms with Crippen LogP contribution in [0.1, 0.15) is 68.3 Å². The number of rotatable bonds is 11. The van der Waals surface area contributed by atoms with Gasteiger partial charge in [-0.15, -0.1) is 0 Å². The SMILES string of the molecule is COc1ccc(COCc2c(C)c3c(c(C(=O)O)c2CC=C(C)CCC(=O)O)C(=O)OC3)cc1. The van der Waals surface area contributed by atoms with Crippen LogP contribution >= 0.6 is 0 Å². The van der Waals surface area contributed by atoms with Crippen molar-refractivity contribution in [2.75, 3.05) is 7.11 Å². The number of fused-ring (bicyclic) bond motifs is 1. The van der Waals surface area contributed by atoms with Crippen LogP contribution < -0.4 is 4.74 Å². The fourth-order valence-electron chi connectivity index (χ4n) is 4.00. The van der Waals surface area contributed by atoms with Gasteiger partial charge in [-0.25, -0.2) is 9.59 Å². The van der Waals surface area contributed by atoms with Gasteiger partial charge in [0.25, 0.3) is 0 Å². The maximum atomic E-state index is 12.4. The third kappa shape index (κ3) is 5.63. The molecule has 1 aliphatic rings. The zero-order valence-electron chi connectivity index (χ0n) is 19.5. The molecular formula is C26H28O8. The first-order chi connectivity index (χ1) is 16.2. The van der Waals surface area contributed by atoms with Gasteiger partial charge in [0.15, 0.2) is 0 Å². The minimum atomic E-state index is -1.21. The van der Waals surface area contributed by atoms with Gasteiger partial charge < -0.3 is 24.4 Å². The molecule has 2 N–H and O–H groups in total. The Bertz CT molecular complexity index is 1130. The van der Waals surface area contributed by atoms with Crippen molar-refractivity contribution in [2.24, 2.45) is 0 Å². The van der Waals surface area contributed by atoms with Crippen molar-refractivity contribution in [2.45, 2.75) is 52.9 Å². The number of methoxy groups -OCH3 is 1. The topological polar surface area (TPSA) is 119 Å². The van der Waals surface area contributed by atoms with Gasteiger partial charge in [0, 0.05) is 12.0 Å². The van der Waals surface area contributed by atoms with E-state index in [1.165, 1.54) is 0 Å². The van der Waals surface area contributed by atoms with E-state index in [-0.39, 0.29) is 37.2 Å². The molecule has 0 saturated carbocycles. The van der Waals surface area contributed by atoms with Crippen molar-refractivity contribution in [3.63, 3.8) is 0 Å². The number of carboxylic acid groups (broad SMARTS) is 2. The van der Waals surface area contributed by atoms with E-state index in [0.717, 1.165) is 22.4 Å². The molecule has 3 rings (SSSR count). The monoisotopic (exact) mass is 468 g/mol. The molecule has 0 fully saturated rings. The highest BCUT2D eigenvalue weighted by Crippen LogP contribution is 2.34. The van der Waals surface area contributed by atoms with Gasteiger partial charge in [0.05, 0.1) is 31.5 Å². The van der Waals surface area contributed by atoms with Crippen LogP contribution in [0.15, 0.2) is 35.9 Å². The Balaban J connectivity index is 1.94. The zero-order chi connectivity index (χ0) is 24.8. The molecule has 0 atom stereocenters. The van der Waals surface area contributed by atoms with Gasteiger partial charge in [-0.3, -0.25) is 4.79 Å². The number of cyclic esters (lactones) is 1. The number of carbonyl (C=O) groups is 3. The van der Waals surface area contributed by atoms with Crippen LogP contribution in [-0.4, -0.2) is 35.2 Å². The number of aliphatic carboxylic acids is 1. The predicted octanol–water partition coefficient (Wildman–Crippen LogP) is 4.44. The second-order valence-corrected chi connectivity index (χ2v) is 8.18. The number of hydrogen-bond donors (Lipinski definition) is 2. The minimum Gasteiger partial charge on any atom is -0.497 e. The molecule has 0 aliphatic carbocycles. The van der Waals surface area contributed by atoms with Crippen LogP contribution in [-0.2, 0) is 40.5 Å². The van der Waals surface area contributed by atoms with Crippen molar-refractivity contribution in [3.05, 3.63) is 74.9 Å². The number of carbonyl (C=O) groups excluding carboxylic acids is 1. The molecule has 2 aromatic rings. The molecule has 0 unspecified atom stereocenters. The molecule has 180 valence electrons. The van der Waals surface area contributed by atoms with Crippen LogP contribution in [0.4, 0.5) is 0 Å². The molecule has 0 aromatic heterocycles. The van der Waals surface area contributed by atoms with Crippen molar-refractivity contribution in [3.8, 4) is 5.75 Å². The summed E-state index contributed by atoms with van der Waals surface area (Å²) in [5.41, 5.74) is 4.29. The molecule has 34 heavy (non-hydrogen) atoms. The predicted molar refractivity (Wildman–Crippen MR) is 123 cm³/mol. The summed E-state index contributed by atoms with van der Waals surface area (Å²) >= 11 is 0. The molecule has 0 spiro atoms. The molecule has 0 saturated heterocycles. The number of hydrogen-bond acceptors (Lipinski definition) is 6. The lowest BCUT2D eigenvalue weighted by molar-refractivity contribution is -0.136. The molecule has 8 nitrogen and oxygen atoms in total. The Labute approximate surface area is 197 Å². The quantitative estimate of drug-likeness (QED) is 0.367. The molecule has 1 aliphatic heterocycles. The van der Waals surface area contributed by atoms with Crippen LogP contribution in [0.2, 0.25) is 0 Å². The smallest absolute Gasteiger partial charge is 0.339 e. The lowest BCUT2D eigenvalue weighted by Gasteiger charge is -2.19.